The van der Waals surface area contributed by atoms with Crippen LogP contribution in [0.4, 0.5) is 11.4 Å². The molecule has 0 radical (unpaired) electrons. The van der Waals surface area contributed by atoms with Gasteiger partial charge in [-0.05, 0) is 63.1 Å². The second-order valence-corrected chi connectivity index (χ2v) is 9.24. The van der Waals surface area contributed by atoms with Crippen LogP contribution in [-0.4, -0.2) is 10.9 Å². The Morgan fingerprint density at radius 3 is 2.66 bits per heavy atom. The Kier molecular flexibility index (Phi) is 6.63. The number of nitrogens with zero attached hydrogens (tertiary/aromatic N) is 3. The number of nitriles is 1. The number of aryl methyl sites for hydroxylation is 2. The molecule has 3 aromatic rings. The molecule has 3 rings (SSSR count). The molecule has 0 fully saturated rings. The number of aromatic nitrogens is 1. The predicted octanol–water partition coefficient (Wildman–Crippen LogP) is 4.45. The summed E-state index contributed by atoms with van der Waals surface area (Å²) in [4.78, 5) is 17.9. The van der Waals surface area contributed by atoms with Crippen molar-refractivity contribution in [3.8, 4) is 6.07 Å². The second-order valence-electron chi connectivity index (χ2n) is 8.01. The summed E-state index contributed by atoms with van der Waals surface area (Å²) in [5, 5.41) is 14.6. The van der Waals surface area contributed by atoms with Crippen LogP contribution >= 0.6 is 11.3 Å². The van der Waals surface area contributed by atoms with Crippen LogP contribution in [0.2, 0.25) is 0 Å². The van der Waals surface area contributed by atoms with Crippen molar-refractivity contribution in [1.82, 2.24) is 4.98 Å². The zero-order chi connectivity index (χ0) is 23.5. The summed E-state index contributed by atoms with van der Waals surface area (Å²) in [7, 11) is 0. The summed E-state index contributed by atoms with van der Waals surface area (Å²) in [6.45, 7) is 7.49. The van der Waals surface area contributed by atoms with E-state index in [0.717, 1.165) is 21.0 Å². The Hall–Kier alpha value is -3.67. The Balaban J connectivity index is 1.83. The standard InChI is InChI=1S/C24H26N6OS/c1-15-8-9-17(10-21(15)30(27)13-20(26)22-12-28-16(2)32-22)23(31)29-19-7-5-6-18(11-19)24(3,4)14-25/h5-13H,26-27H2,1-4H3,(H,29,31)/b20-13-. The summed E-state index contributed by atoms with van der Waals surface area (Å²) < 4.78 is 0. The third kappa shape index (κ3) is 5.14. The lowest BCUT2D eigenvalue weighted by Crippen LogP contribution is -2.27. The zero-order valence-corrected chi connectivity index (χ0v) is 19.3. The molecule has 2 aromatic carbocycles. The van der Waals surface area contributed by atoms with Gasteiger partial charge >= 0.3 is 0 Å². The van der Waals surface area contributed by atoms with E-state index in [2.05, 4.69) is 16.4 Å². The first-order valence-corrected chi connectivity index (χ1v) is 10.8. The number of nitrogens with one attached hydrogen (secondary N) is 1. The van der Waals surface area contributed by atoms with E-state index in [1.165, 1.54) is 16.3 Å². The second kappa shape index (κ2) is 9.22. The van der Waals surface area contributed by atoms with Crippen LogP contribution in [0.15, 0.2) is 54.9 Å². The van der Waals surface area contributed by atoms with Gasteiger partial charge in [0.25, 0.3) is 5.91 Å². The highest BCUT2D eigenvalue weighted by atomic mass is 32.1. The molecular formula is C24H26N6OS. The average molecular weight is 447 g/mol. The monoisotopic (exact) mass is 446 g/mol. The highest BCUT2D eigenvalue weighted by Gasteiger charge is 2.20. The smallest absolute Gasteiger partial charge is 0.255 e. The maximum Gasteiger partial charge on any atom is 0.255 e. The Morgan fingerprint density at radius 1 is 1.25 bits per heavy atom. The lowest BCUT2D eigenvalue weighted by atomic mass is 9.86. The molecule has 5 N–H and O–H groups in total. The van der Waals surface area contributed by atoms with Gasteiger partial charge in [-0.15, -0.1) is 11.3 Å². The molecule has 0 aliphatic rings. The predicted molar refractivity (Wildman–Crippen MR) is 130 cm³/mol. The van der Waals surface area contributed by atoms with Crippen molar-refractivity contribution in [2.75, 3.05) is 10.3 Å². The summed E-state index contributed by atoms with van der Waals surface area (Å²) in [5.41, 5.74) is 9.45. The summed E-state index contributed by atoms with van der Waals surface area (Å²) in [6, 6.07) is 14.9. The Bertz CT molecular complexity index is 1220. The average Bonchev–Trinajstić information content (AvgIpc) is 3.20. The largest absolute Gasteiger partial charge is 0.396 e. The van der Waals surface area contributed by atoms with Gasteiger partial charge in [0.1, 0.15) is 0 Å². The van der Waals surface area contributed by atoms with Crippen molar-refractivity contribution in [2.45, 2.75) is 33.1 Å². The molecular weight excluding hydrogens is 420 g/mol. The lowest BCUT2D eigenvalue weighted by molar-refractivity contribution is 0.102. The number of benzene rings is 2. The van der Waals surface area contributed by atoms with E-state index in [1.807, 2.05) is 52.0 Å². The Labute approximate surface area is 192 Å². The van der Waals surface area contributed by atoms with Crippen molar-refractivity contribution < 1.29 is 4.79 Å². The Morgan fingerprint density at radius 2 is 2.00 bits per heavy atom. The number of hydrazine groups is 1. The number of thiazole rings is 1. The van der Waals surface area contributed by atoms with E-state index < -0.39 is 5.41 Å². The highest BCUT2D eigenvalue weighted by molar-refractivity contribution is 7.12. The fourth-order valence-corrected chi connectivity index (χ4v) is 3.76. The molecule has 0 bridgehead atoms. The number of nitrogens with two attached hydrogens (primary N) is 2. The fraction of sp³-hybridized carbons (Fsp3) is 0.208. The summed E-state index contributed by atoms with van der Waals surface area (Å²) in [6.07, 6.45) is 3.32. The minimum absolute atomic E-state index is 0.276. The molecule has 0 atom stereocenters. The van der Waals surface area contributed by atoms with Gasteiger partial charge in [0.2, 0.25) is 0 Å². The van der Waals surface area contributed by atoms with E-state index >= 15 is 0 Å². The van der Waals surface area contributed by atoms with Crippen LogP contribution in [0, 0.1) is 25.2 Å². The van der Waals surface area contributed by atoms with Crippen molar-refractivity contribution >= 4 is 34.3 Å². The molecule has 8 heteroatoms. The number of amides is 1. The first-order chi connectivity index (χ1) is 15.1. The molecule has 0 saturated heterocycles. The number of carbonyl (C=O) groups excluding carboxylic acids is 1. The minimum atomic E-state index is -0.652. The first-order valence-electron chi connectivity index (χ1n) is 9.98. The van der Waals surface area contributed by atoms with Gasteiger partial charge in [-0.25, -0.2) is 10.8 Å². The van der Waals surface area contributed by atoms with Crippen molar-refractivity contribution in [1.29, 1.82) is 5.26 Å². The van der Waals surface area contributed by atoms with Crippen LogP contribution in [0.5, 0.6) is 0 Å². The van der Waals surface area contributed by atoms with Crippen molar-refractivity contribution in [2.24, 2.45) is 11.6 Å². The molecule has 0 spiro atoms. The van der Waals surface area contributed by atoms with Crippen molar-refractivity contribution in [3.05, 3.63) is 81.4 Å². The molecule has 164 valence electrons. The highest BCUT2D eigenvalue weighted by Crippen LogP contribution is 2.26. The number of hydrogen-bond acceptors (Lipinski definition) is 7. The van der Waals surface area contributed by atoms with Crippen LogP contribution in [-0.2, 0) is 5.41 Å². The minimum Gasteiger partial charge on any atom is -0.396 e. The van der Waals surface area contributed by atoms with Crippen LogP contribution < -0.4 is 21.9 Å². The number of rotatable bonds is 6. The topological polar surface area (TPSA) is 121 Å². The van der Waals surface area contributed by atoms with Gasteiger partial charge in [0.05, 0.1) is 32.8 Å². The van der Waals surface area contributed by atoms with E-state index in [0.29, 0.717) is 22.6 Å². The quantitative estimate of drug-likeness (QED) is 0.380. The molecule has 0 unspecified atom stereocenters. The SMILES string of the molecule is Cc1ncc(/C(N)=C/N(N)c2cc(C(=O)Nc3cccc(C(C)(C)C#N)c3)ccc2C)s1. The molecule has 1 amide bonds. The fourth-order valence-electron chi connectivity index (χ4n) is 3.06. The van der Waals surface area contributed by atoms with Gasteiger partial charge in [0, 0.05) is 23.6 Å². The molecule has 0 aliphatic carbocycles. The van der Waals surface area contributed by atoms with E-state index in [9.17, 15) is 10.1 Å². The molecule has 0 aliphatic heterocycles. The van der Waals surface area contributed by atoms with Gasteiger partial charge in [-0.3, -0.25) is 9.80 Å². The van der Waals surface area contributed by atoms with Gasteiger partial charge in [-0.2, -0.15) is 5.26 Å². The maximum absolute atomic E-state index is 12.9. The number of carbonyl (C=O) groups is 1. The zero-order valence-electron chi connectivity index (χ0n) is 18.5. The molecule has 1 aromatic heterocycles. The van der Waals surface area contributed by atoms with E-state index in [-0.39, 0.29) is 5.91 Å². The first kappa shape index (κ1) is 23.0. The summed E-state index contributed by atoms with van der Waals surface area (Å²) >= 11 is 1.48. The third-order valence-electron chi connectivity index (χ3n) is 5.06. The number of hydrogen-bond donors (Lipinski definition) is 3. The van der Waals surface area contributed by atoms with Crippen LogP contribution in [0.25, 0.3) is 5.70 Å². The normalized spacial score (nSPS) is 11.7. The van der Waals surface area contributed by atoms with E-state index in [1.54, 1.807) is 30.6 Å². The molecule has 0 saturated carbocycles. The van der Waals surface area contributed by atoms with Gasteiger partial charge < -0.3 is 11.1 Å². The van der Waals surface area contributed by atoms with E-state index in [4.69, 9.17) is 11.6 Å². The maximum atomic E-state index is 12.9. The molecule has 1 heterocycles. The summed E-state index contributed by atoms with van der Waals surface area (Å²) in [5.74, 6) is 5.97. The van der Waals surface area contributed by atoms with Gasteiger partial charge in [0.15, 0.2) is 0 Å². The van der Waals surface area contributed by atoms with Crippen molar-refractivity contribution in [3.63, 3.8) is 0 Å². The van der Waals surface area contributed by atoms with Gasteiger partial charge in [-0.1, -0.05) is 18.2 Å². The third-order valence-corrected chi connectivity index (χ3v) is 6.02. The lowest BCUT2D eigenvalue weighted by Gasteiger charge is -2.19. The number of anilines is 2. The van der Waals surface area contributed by atoms with Crippen LogP contribution in [0.1, 0.15) is 45.2 Å². The molecule has 7 nitrogen and oxygen atoms in total. The van der Waals surface area contributed by atoms with Crippen LogP contribution in [0.3, 0.4) is 0 Å². The molecule has 32 heavy (non-hydrogen) atoms.